The second-order valence-corrected chi connectivity index (χ2v) is 18.8. The minimum atomic E-state index is 1.00. The third-order valence-electron chi connectivity index (χ3n) is 13.4. The van der Waals surface area contributed by atoms with Crippen molar-refractivity contribution in [2.75, 3.05) is 14.7 Å². The first-order valence-electron chi connectivity index (χ1n) is 24.2. The highest BCUT2D eigenvalue weighted by molar-refractivity contribution is 5.85. The summed E-state index contributed by atoms with van der Waals surface area (Å²) in [5, 5.41) is 0. The van der Waals surface area contributed by atoms with E-state index >= 15 is 0 Å². The van der Waals surface area contributed by atoms with Crippen LogP contribution in [-0.4, -0.2) is 0 Å². The highest BCUT2D eigenvalue weighted by Gasteiger charge is 2.19. The predicted octanol–water partition coefficient (Wildman–Crippen LogP) is 18.9. The Morgan fingerprint density at radius 2 is 0.464 bits per heavy atom. The molecule has 0 amide bonds. The van der Waals surface area contributed by atoms with Crippen LogP contribution in [0.3, 0.4) is 0 Å². The third kappa shape index (κ3) is 9.96. The average Bonchev–Trinajstić information content (AvgIpc) is 3.38. The Morgan fingerprint density at radius 1 is 0.232 bits per heavy atom. The van der Waals surface area contributed by atoms with E-state index in [1.54, 1.807) is 0 Å². The first-order valence-corrected chi connectivity index (χ1v) is 24.2. The maximum absolute atomic E-state index is 2.42. The molecule has 69 heavy (non-hydrogen) atoms. The molecular weight excluding hydrogens is 835 g/mol. The van der Waals surface area contributed by atoms with Crippen molar-refractivity contribution in [2.45, 2.75) is 54.4 Å². The van der Waals surface area contributed by atoms with Crippen LogP contribution in [-0.2, 0) is 0 Å². The quantitative estimate of drug-likeness (QED) is 0.121. The Bertz CT molecular complexity index is 3000. The van der Waals surface area contributed by atoms with E-state index in [1.807, 2.05) is 0 Å². The first-order chi connectivity index (χ1) is 33.6. The lowest BCUT2D eigenvalue weighted by Crippen LogP contribution is -2.17. The van der Waals surface area contributed by atoms with Crippen molar-refractivity contribution >= 4 is 45.5 Å². The van der Waals surface area contributed by atoms with Gasteiger partial charge in [0.1, 0.15) is 0 Å². The molecule has 3 nitrogen and oxygen atoms in total. The minimum Gasteiger partial charge on any atom is -0.314 e. The molecule has 0 radical (unpaired) electrons. The second kappa shape index (κ2) is 19.6. The largest absolute Gasteiger partial charge is 0.314 e. The van der Waals surface area contributed by atoms with Gasteiger partial charge >= 0.3 is 0 Å². The molecule has 0 saturated carbocycles. The maximum Gasteiger partial charge on any atom is 0.0462 e. The predicted molar refractivity (Wildman–Crippen MR) is 295 cm³/mol. The zero-order valence-corrected chi connectivity index (χ0v) is 40.6. The fourth-order valence-corrected chi connectivity index (χ4v) is 9.30. The fourth-order valence-electron chi connectivity index (χ4n) is 9.30. The summed E-state index contributed by atoms with van der Waals surface area (Å²) in [6, 6.07) is 78.4. The molecule has 3 heteroatoms. The zero-order valence-electron chi connectivity index (χ0n) is 40.6. The third-order valence-corrected chi connectivity index (χ3v) is 13.4. The Morgan fingerprint density at radius 3 is 0.696 bits per heavy atom. The molecule has 0 saturated heterocycles. The number of hydrogen-bond acceptors (Lipinski definition) is 3. The SMILES string of the molecule is CC1=CC=C(N(c2ccc(C)cc2)c2ccc(-c3cc(-c4ccc(N(c5ccc(C)cc5)c5ccc(C)cc5)cc4)cc(-c4ccc(N(c5ccc(C)cc5)c5ccc(C)cc5)cc4)c3)cc2)CC1. The minimum absolute atomic E-state index is 1.00. The number of nitrogens with zero attached hydrogens (tertiary/aromatic N) is 3. The molecule has 9 aromatic carbocycles. The van der Waals surface area contributed by atoms with Gasteiger partial charge in [-0.15, -0.1) is 0 Å². The normalized spacial score (nSPS) is 12.3. The summed E-state index contributed by atoms with van der Waals surface area (Å²) in [6.07, 6.45) is 6.63. The van der Waals surface area contributed by atoms with Crippen molar-refractivity contribution in [2.24, 2.45) is 0 Å². The monoisotopic (exact) mass is 893 g/mol. The summed E-state index contributed by atoms with van der Waals surface area (Å²) < 4.78 is 0. The molecule has 338 valence electrons. The van der Waals surface area contributed by atoms with Crippen LogP contribution in [0.1, 0.15) is 47.6 Å². The Balaban J connectivity index is 1.05. The van der Waals surface area contributed by atoms with E-state index in [4.69, 9.17) is 0 Å². The van der Waals surface area contributed by atoms with E-state index in [9.17, 15) is 0 Å². The standard InChI is InChI=1S/C66H59N3/c1-46-7-25-58(26-8-46)67(59-27-9-47(2)10-28-59)64-37-19-52(20-38-64)55-43-56(53-21-39-65(40-22-53)68(60-29-11-48(3)12-30-60)61-31-13-49(4)14-32-61)45-57(44-55)54-23-41-66(42-24-54)69(62-33-15-50(5)16-34-62)63-35-17-51(6)18-36-63/h7-17,19-35,37-45H,18,36H2,1-6H3. The number of rotatable bonds is 12. The van der Waals surface area contributed by atoms with Crippen LogP contribution in [0.4, 0.5) is 45.5 Å². The van der Waals surface area contributed by atoms with Gasteiger partial charge in [0.15, 0.2) is 0 Å². The Kier molecular flexibility index (Phi) is 12.7. The van der Waals surface area contributed by atoms with Gasteiger partial charge in [-0.2, -0.15) is 0 Å². The van der Waals surface area contributed by atoms with Crippen LogP contribution >= 0.6 is 0 Å². The number of anilines is 8. The molecule has 0 atom stereocenters. The summed E-state index contributed by atoms with van der Waals surface area (Å²) >= 11 is 0. The molecule has 0 fully saturated rings. The van der Waals surface area contributed by atoms with Crippen LogP contribution in [0.15, 0.2) is 236 Å². The number of hydrogen-bond donors (Lipinski definition) is 0. The molecular formula is C66H59N3. The molecule has 0 N–H and O–H groups in total. The zero-order chi connectivity index (χ0) is 47.4. The lowest BCUT2D eigenvalue weighted by atomic mass is 9.93. The van der Waals surface area contributed by atoms with Crippen LogP contribution in [0.5, 0.6) is 0 Å². The average molecular weight is 894 g/mol. The van der Waals surface area contributed by atoms with Crippen molar-refractivity contribution in [3.8, 4) is 33.4 Å². The van der Waals surface area contributed by atoms with E-state index in [0.29, 0.717) is 0 Å². The lowest BCUT2D eigenvalue weighted by Gasteiger charge is -2.30. The molecule has 0 aliphatic heterocycles. The number of benzene rings is 9. The van der Waals surface area contributed by atoms with Gasteiger partial charge in [0.05, 0.1) is 0 Å². The highest BCUT2D eigenvalue weighted by Crippen LogP contribution is 2.41. The summed E-state index contributed by atoms with van der Waals surface area (Å²) in [5.41, 5.74) is 25.0. The first kappa shape index (κ1) is 44.7. The smallest absolute Gasteiger partial charge is 0.0462 e. The molecule has 1 aliphatic carbocycles. The molecule has 0 spiro atoms. The van der Waals surface area contributed by atoms with Gasteiger partial charge in [-0.25, -0.2) is 0 Å². The fraction of sp³-hybridized carbons (Fsp3) is 0.121. The van der Waals surface area contributed by atoms with Gasteiger partial charge in [0.25, 0.3) is 0 Å². The van der Waals surface area contributed by atoms with Gasteiger partial charge in [-0.05, 0) is 209 Å². The van der Waals surface area contributed by atoms with Gasteiger partial charge in [-0.1, -0.05) is 137 Å². The van der Waals surface area contributed by atoms with Crippen LogP contribution in [0.2, 0.25) is 0 Å². The molecule has 9 aromatic rings. The van der Waals surface area contributed by atoms with Crippen LogP contribution in [0, 0.1) is 34.6 Å². The summed E-state index contributed by atoms with van der Waals surface area (Å²) in [4.78, 5) is 7.10. The second-order valence-electron chi connectivity index (χ2n) is 18.8. The molecule has 10 rings (SSSR count). The molecule has 0 unspecified atom stereocenters. The molecule has 1 aliphatic rings. The molecule has 0 heterocycles. The van der Waals surface area contributed by atoms with Crippen molar-refractivity contribution in [1.29, 1.82) is 0 Å². The van der Waals surface area contributed by atoms with Gasteiger partial charge in [0.2, 0.25) is 0 Å². The van der Waals surface area contributed by atoms with Gasteiger partial charge in [-0.3, -0.25) is 0 Å². The van der Waals surface area contributed by atoms with E-state index in [-0.39, 0.29) is 0 Å². The summed E-state index contributed by atoms with van der Waals surface area (Å²) in [6.45, 7) is 12.9. The van der Waals surface area contributed by atoms with Crippen LogP contribution in [0.25, 0.3) is 33.4 Å². The van der Waals surface area contributed by atoms with Gasteiger partial charge < -0.3 is 14.7 Å². The molecule has 0 bridgehead atoms. The molecule has 0 aromatic heterocycles. The summed E-state index contributed by atoms with van der Waals surface area (Å²) in [5.74, 6) is 0. The van der Waals surface area contributed by atoms with Crippen molar-refractivity contribution in [3.63, 3.8) is 0 Å². The maximum atomic E-state index is 2.42. The van der Waals surface area contributed by atoms with Crippen LogP contribution < -0.4 is 14.7 Å². The van der Waals surface area contributed by atoms with Crippen molar-refractivity contribution in [3.05, 3.63) is 264 Å². The topological polar surface area (TPSA) is 9.72 Å². The van der Waals surface area contributed by atoms with E-state index < -0.39 is 0 Å². The van der Waals surface area contributed by atoms with Crippen molar-refractivity contribution < 1.29 is 0 Å². The van der Waals surface area contributed by atoms with Gasteiger partial charge in [0, 0.05) is 51.2 Å². The highest BCUT2D eigenvalue weighted by atomic mass is 15.2. The van der Waals surface area contributed by atoms with E-state index in [2.05, 4.69) is 281 Å². The number of aryl methyl sites for hydroxylation is 5. The Hall–Kier alpha value is -8.14. The summed E-state index contributed by atoms with van der Waals surface area (Å²) in [7, 11) is 0. The van der Waals surface area contributed by atoms with Crippen molar-refractivity contribution in [1.82, 2.24) is 0 Å². The lowest BCUT2D eigenvalue weighted by molar-refractivity contribution is 0.874. The van der Waals surface area contributed by atoms with E-state index in [1.165, 1.54) is 55.9 Å². The Labute approximate surface area is 409 Å². The number of allylic oxidation sites excluding steroid dienone is 4. The van der Waals surface area contributed by atoms with E-state index in [0.717, 1.165) is 74.9 Å².